The van der Waals surface area contributed by atoms with E-state index in [-0.39, 0.29) is 29.4 Å². The number of fused-ring (bicyclic) bond motifs is 1. The van der Waals surface area contributed by atoms with E-state index in [1.807, 2.05) is 0 Å². The molecule has 0 bridgehead atoms. The summed E-state index contributed by atoms with van der Waals surface area (Å²) in [6.07, 6.45) is 0.982. The van der Waals surface area contributed by atoms with E-state index in [1.165, 1.54) is 18.2 Å². The molecule has 0 saturated carbocycles. The predicted molar refractivity (Wildman–Crippen MR) is 99.8 cm³/mol. The van der Waals surface area contributed by atoms with Crippen LogP contribution in [0, 0.1) is 5.41 Å². The third kappa shape index (κ3) is 3.70. The van der Waals surface area contributed by atoms with Crippen molar-refractivity contribution in [2.24, 2.45) is 5.41 Å². The van der Waals surface area contributed by atoms with Crippen LogP contribution in [0.5, 0.6) is 0 Å². The molecule has 1 aliphatic carbocycles. The molecule has 2 unspecified atom stereocenters. The first-order valence-corrected chi connectivity index (χ1v) is 9.36. The van der Waals surface area contributed by atoms with E-state index in [2.05, 4.69) is 42.6 Å². The number of anilines is 1. The zero-order valence-electron chi connectivity index (χ0n) is 16.6. The molecule has 0 spiro atoms. The maximum Gasteiger partial charge on any atom is 0.407 e. The molecule has 0 aromatic carbocycles. The van der Waals surface area contributed by atoms with Crippen LogP contribution in [0.4, 0.5) is 10.6 Å². The first-order valence-electron chi connectivity index (χ1n) is 9.36. The summed E-state index contributed by atoms with van der Waals surface area (Å²) in [5, 5.41) is 9.58. The molecule has 0 radical (unpaired) electrons. The van der Waals surface area contributed by atoms with Gasteiger partial charge in [0, 0.05) is 32.1 Å². The number of esters is 1. The summed E-state index contributed by atoms with van der Waals surface area (Å²) in [5.41, 5.74) is 1.59. The number of aromatic nitrogens is 2. The number of carbonyl (C=O) groups excluding carboxylic acids is 1. The van der Waals surface area contributed by atoms with E-state index < -0.39 is 6.09 Å². The second kappa shape index (κ2) is 6.98. The fourth-order valence-electron chi connectivity index (χ4n) is 4.18. The molecule has 27 heavy (non-hydrogen) atoms. The minimum absolute atomic E-state index is 0.143. The van der Waals surface area contributed by atoms with Crippen molar-refractivity contribution in [1.82, 2.24) is 14.9 Å². The van der Waals surface area contributed by atoms with Gasteiger partial charge in [0.25, 0.3) is 0 Å². The van der Waals surface area contributed by atoms with Crippen molar-refractivity contribution in [3.63, 3.8) is 0 Å². The monoisotopic (exact) mass is 376 g/mol. The molecule has 1 amide bonds. The van der Waals surface area contributed by atoms with E-state index in [9.17, 15) is 14.7 Å². The molecule has 1 aliphatic heterocycles. The summed E-state index contributed by atoms with van der Waals surface area (Å²) < 4.78 is 5.44. The van der Waals surface area contributed by atoms with Crippen LogP contribution >= 0.6 is 0 Å². The van der Waals surface area contributed by atoms with Gasteiger partial charge in [-0.2, -0.15) is 0 Å². The van der Waals surface area contributed by atoms with E-state index in [0.717, 1.165) is 17.1 Å². The number of nitrogens with zero attached hydrogens (tertiary/aromatic N) is 4. The second-order valence-electron chi connectivity index (χ2n) is 8.53. The van der Waals surface area contributed by atoms with E-state index in [1.54, 1.807) is 0 Å². The van der Waals surface area contributed by atoms with Gasteiger partial charge in [0.1, 0.15) is 18.2 Å². The van der Waals surface area contributed by atoms with Crippen LogP contribution in [-0.4, -0.2) is 57.7 Å². The molecular weight excluding hydrogens is 348 g/mol. The van der Waals surface area contributed by atoms with Gasteiger partial charge in [-0.3, -0.25) is 4.79 Å². The van der Waals surface area contributed by atoms with Crippen molar-refractivity contribution in [2.75, 3.05) is 24.5 Å². The van der Waals surface area contributed by atoms with Crippen LogP contribution in [0.15, 0.2) is 6.33 Å². The van der Waals surface area contributed by atoms with E-state index in [0.29, 0.717) is 26.1 Å². The first kappa shape index (κ1) is 19.4. The lowest BCUT2D eigenvalue weighted by Gasteiger charge is -2.46. The zero-order chi connectivity index (χ0) is 19.9. The number of piperazine rings is 1. The molecule has 3 atom stereocenters. The van der Waals surface area contributed by atoms with Gasteiger partial charge in [-0.05, 0) is 17.8 Å². The number of hydrogen-bond acceptors (Lipinski definition) is 6. The summed E-state index contributed by atoms with van der Waals surface area (Å²) in [6, 6.07) is -0.143. The van der Waals surface area contributed by atoms with Gasteiger partial charge in [0.15, 0.2) is 0 Å². The van der Waals surface area contributed by atoms with Gasteiger partial charge in [0.05, 0.1) is 11.7 Å². The quantitative estimate of drug-likeness (QED) is 0.793. The number of ether oxygens (including phenoxy) is 1. The molecule has 2 aliphatic rings. The van der Waals surface area contributed by atoms with Crippen molar-refractivity contribution in [3.8, 4) is 0 Å². The largest absolute Gasteiger partial charge is 0.465 e. The molecule has 1 aromatic rings. The molecule has 8 heteroatoms. The highest BCUT2D eigenvalue weighted by molar-refractivity contribution is 5.67. The molecule has 148 valence electrons. The Morgan fingerprint density at radius 3 is 2.56 bits per heavy atom. The van der Waals surface area contributed by atoms with Crippen LogP contribution in [-0.2, 0) is 9.53 Å². The molecule has 1 aromatic heterocycles. The zero-order valence-corrected chi connectivity index (χ0v) is 16.6. The lowest BCUT2D eigenvalue weighted by molar-refractivity contribution is -0.146. The lowest BCUT2D eigenvalue weighted by Crippen LogP contribution is -2.59. The summed E-state index contributed by atoms with van der Waals surface area (Å²) in [7, 11) is 0. The minimum atomic E-state index is -0.884. The van der Waals surface area contributed by atoms with Crippen molar-refractivity contribution < 1.29 is 19.4 Å². The van der Waals surface area contributed by atoms with Gasteiger partial charge < -0.3 is 19.6 Å². The summed E-state index contributed by atoms with van der Waals surface area (Å²) in [5.74, 6) is 0.690. The van der Waals surface area contributed by atoms with Crippen molar-refractivity contribution in [2.45, 2.75) is 59.1 Å². The van der Waals surface area contributed by atoms with Gasteiger partial charge in [-0.15, -0.1) is 0 Å². The Hall–Kier alpha value is -2.38. The minimum Gasteiger partial charge on any atom is -0.465 e. The van der Waals surface area contributed by atoms with Crippen molar-refractivity contribution in [3.05, 3.63) is 17.6 Å². The van der Waals surface area contributed by atoms with Crippen LogP contribution in [0.2, 0.25) is 0 Å². The fraction of sp³-hybridized carbons (Fsp3) is 0.684. The van der Waals surface area contributed by atoms with E-state index >= 15 is 0 Å². The number of amides is 1. The average molecular weight is 376 g/mol. The maximum atomic E-state index is 11.7. The third-order valence-electron chi connectivity index (χ3n) is 5.49. The van der Waals surface area contributed by atoms with Crippen LogP contribution < -0.4 is 4.90 Å². The summed E-state index contributed by atoms with van der Waals surface area (Å²) >= 11 is 0. The van der Waals surface area contributed by atoms with Crippen LogP contribution in [0.1, 0.15) is 64.3 Å². The Bertz CT molecular complexity index is 746. The molecule has 3 rings (SSSR count). The Morgan fingerprint density at radius 2 is 1.96 bits per heavy atom. The maximum absolute atomic E-state index is 11.7. The Morgan fingerprint density at radius 1 is 1.26 bits per heavy atom. The lowest BCUT2D eigenvalue weighted by atomic mass is 9.84. The van der Waals surface area contributed by atoms with Gasteiger partial charge in [-0.1, -0.05) is 27.7 Å². The highest BCUT2D eigenvalue weighted by atomic mass is 16.5. The second-order valence-corrected chi connectivity index (χ2v) is 8.53. The first-order chi connectivity index (χ1) is 12.6. The Balaban J connectivity index is 1.93. The number of carboxylic acid groups (broad SMARTS) is 1. The normalized spacial score (nSPS) is 25.3. The van der Waals surface area contributed by atoms with Crippen molar-refractivity contribution in [1.29, 1.82) is 0 Å². The smallest absolute Gasteiger partial charge is 0.407 e. The van der Waals surface area contributed by atoms with Gasteiger partial charge >= 0.3 is 12.1 Å². The topological polar surface area (TPSA) is 95.9 Å². The Labute approximate surface area is 159 Å². The Kier molecular flexibility index (Phi) is 5.01. The molecule has 8 nitrogen and oxygen atoms in total. The van der Waals surface area contributed by atoms with E-state index in [4.69, 9.17) is 4.74 Å². The third-order valence-corrected chi connectivity index (χ3v) is 5.49. The summed E-state index contributed by atoms with van der Waals surface area (Å²) in [4.78, 5) is 35.7. The highest BCUT2D eigenvalue weighted by Gasteiger charge is 2.41. The average Bonchev–Trinajstić information content (AvgIpc) is 2.89. The number of hydrogen-bond donors (Lipinski definition) is 1. The van der Waals surface area contributed by atoms with Gasteiger partial charge in [-0.25, -0.2) is 14.8 Å². The SMILES string of the molecule is CC(=O)OC1C[C@@H](C)c2c1ncnc2N1CCN(C(=O)O)C(C(C)(C)C)C1. The summed E-state index contributed by atoms with van der Waals surface area (Å²) in [6.45, 7) is 11.2. The fourth-order valence-corrected chi connectivity index (χ4v) is 4.18. The standard InChI is InChI=1S/C19H28N4O4/c1-11-8-13(27-12(2)24)16-15(11)17(21-10-20-16)22-6-7-23(18(25)26)14(9-22)19(3,4)5/h10-11,13-14H,6-9H2,1-5H3,(H,25,26)/t11-,13?,14?/m1/s1. The van der Waals surface area contributed by atoms with Crippen LogP contribution in [0.3, 0.4) is 0 Å². The molecule has 1 saturated heterocycles. The molecular formula is C19H28N4O4. The molecule has 1 fully saturated rings. The van der Waals surface area contributed by atoms with Crippen LogP contribution in [0.25, 0.3) is 0 Å². The number of carbonyl (C=O) groups is 2. The predicted octanol–water partition coefficient (Wildman–Crippen LogP) is 2.80. The van der Waals surface area contributed by atoms with Gasteiger partial charge in [0.2, 0.25) is 0 Å². The van der Waals surface area contributed by atoms with Crippen molar-refractivity contribution >= 4 is 17.9 Å². The highest BCUT2D eigenvalue weighted by Crippen LogP contribution is 2.45. The molecule has 1 N–H and O–H groups in total. The molecule has 2 heterocycles. The number of rotatable bonds is 2.